The number of carbonyl (C=O) groups excluding carboxylic acids is 1. The third kappa shape index (κ3) is 2.91. The summed E-state index contributed by atoms with van der Waals surface area (Å²) in [5, 5.41) is 13.8. The molecule has 3 aliphatic rings. The van der Waals surface area contributed by atoms with Crippen LogP contribution in [0.2, 0.25) is 5.02 Å². The first-order valence-electron chi connectivity index (χ1n) is 10.6. The molecule has 1 aromatic carbocycles. The minimum atomic E-state index is -0.462. The molecular weight excluding hydrogens is 430 g/mol. The van der Waals surface area contributed by atoms with Crippen LogP contribution in [-0.4, -0.2) is 67.4 Å². The van der Waals surface area contributed by atoms with Crippen LogP contribution in [0.15, 0.2) is 35.5 Å². The van der Waals surface area contributed by atoms with Crippen LogP contribution in [0.5, 0.6) is 0 Å². The number of benzene rings is 1. The van der Waals surface area contributed by atoms with E-state index >= 15 is 0 Å². The number of ether oxygens (including phenoxy) is 1. The summed E-state index contributed by atoms with van der Waals surface area (Å²) in [6.07, 6.45) is 2.02. The molecule has 9 nitrogen and oxygen atoms in total. The fourth-order valence-corrected chi connectivity index (χ4v) is 4.92. The zero-order valence-corrected chi connectivity index (χ0v) is 18.6. The molecule has 0 saturated carbocycles. The van der Waals surface area contributed by atoms with E-state index in [1.54, 1.807) is 10.9 Å². The first-order valence-corrected chi connectivity index (χ1v) is 11.0. The summed E-state index contributed by atoms with van der Waals surface area (Å²) in [6, 6.07) is 7.09. The molecule has 2 aromatic heterocycles. The van der Waals surface area contributed by atoms with E-state index in [9.17, 15) is 4.79 Å². The van der Waals surface area contributed by atoms with Gasteiger partial charge in [-0.1, -0.05) is 23.7 Å². The van der Waals surface area contributed by atoms with E-state index < -0.39 is 6.04 Å². The van der Waals surface area contributed by atoms with Gasteiger partial charge in [0.05, 0.1) is 42.6 Å². The van der Waals surface area contributed by atoms with Crippen molar-refractivity contribution in [2.24, 2.45) is 17.5 Å². The van der Waals surface area contributed by atoms with Gasteiger partial charge in [-0.3, -0.25) is 19.0 Å². The van der Waals surface area contributed by atoms with Crippen LogP contribution in [0.25, 0.3) is 5.69 Å². The maximum absolute atomic E-state index is 13.1. The van der Waals surface area contributed by atoms with Gasteiger partial charge in [-0.2, -0.15) is 5.10 Å². The van der Waals surface area contributed by atoms with E-state index in [0.29, 0.717) is 10.8 Å². The second-order valence-corrected chi connectivity index (χ2v) is 9.33. The maximum Gasteiger partial charge on any atom is 0.225 e. The molecule has 3 aromatic rings. The number of fused-ring (bicyclic) bond motifs is 3. The normalized spacial score (nSPS) is 20.7. The van der Waals surface area contributed by atoms with Crippen LogP contribution >= 0.6 is 11.6 Å². The highest BCUT2D eigenvalue weighted by molar-refractivity contribution is 6.30. The lowest BCUT2D eigenvalue weighted by Gasteiger charge is -2.55. The zero-order chi connectivity index (χ0) is 22.0. The van der Waals surface area contributed by atoms with E-state index in [2.05, 4.69) is 15.3 Å². The highest BCUT2D eigenvalue weighted by Gasteiger charge is 2.50. The van der Waals surface area contributed by atoms with E-state index in [4.69, 9.17) is 21.3 Å². The van der Waals surface area contributed by atoms with E-state index in [1.165, 1.54) is 0 Å². The molecule has 1 spiro atoms. The number of aliphatic imine (C=N–C) groups is 1. The van der Waals surface area contributed by atoms with Crippen LogP contribution in [0.1, 0.15) is 35.4 Å². The molecule has 1 atom stereocenters. The van der Waals surface area contributed by atoms with Crippen molar-refractivity contribution in [3.05, 3.63) is 58.4 Å². The van der Waals surface area contributed by atoms with E-state index in [1.807, 2.05) is 47.7 Å². The summed E-state index contributed by atoms with van der Waals surface area (Å²) in [7, 11) is 1.88. The third-order valence-electron chi connectivity index (χ3n) is 6.52. The van der Waals surface area contributed by atoms with Gasteiger partial charge in [0.15, 0.2) is 5.82 Å². The van der Waals surface area contributed by atoms with Crippen LogP contribution in [0.4, 0.5) is 0 Å². The third-order valence-corrected chi connectivity index (χ3v) is 6.78. The van der Waals surface area contributed by atoms with Crippen molar-refractivity contribution in [2.45, 2.75) is 19.4 Å². The Hall–Kier alpha value is -3.04. The van der Waals surface area contributed by atoms with Gasteiger partial charge in [-0.25, -0.2) is 0 Å². The molecule has 0 radical (unpaired) electrons. The minimum Gasteiger partial charge on any atom is -0.380 e. The maximum atomic E-state index is 13.1. The Bertz CT molecular complexity index is 1250. The molecule has 0 bridgehead atoms. The number of hydrogen-bond donors (Lipinski definition) is 0. The summed E-state index contributed by atoms with van der Waals surface area (Å²) >= 11 is 6.13. The van der Waals surface area contributed by atoms with Gasteiger partial charge in [0.25, 0.3) is 0 Å². The first kappa shape index (κ1) is 19.6. The van der Waals surface area contributed by atoms with Gasteiger partial charge in [0.1, 0.15) is 17.6 Å². The lowest BCUT2D eigenvalue weighted by atomic mass is 9.78. The molecule has 1 amide bonds. The van der Waals surface area contributed by atoms with Crippen LogP contribution in [0, 0.1) is 12.3 Å². The summed E-state index contributed by atoms with van der Waals surface area (Å²) in [4.78, 5) is 20.1. The average Bonchev–Trinajstić information content (AvgIpc) is 3.22. The first-order chi connectivity index (χ1) is 15.4. The number of aryl methyl sites for hydroxylation is 2. The number of nitrogens with zero attached hydrogens (tertiary/aromatic N) is 7. The summed E-state index contributed by atoms with van der Waals surface area (Å²) in [6.45, 7) is 4.89. The molecule has 10 heteroatoms. The lowest BCUT2D eigenvalue weighted by Crippen LogP contribution is -2.67. The molecule has 1 unspecified atom stereocenters. The predicted molar refractivity (Wildman–Crippen MR) is 117 cm³/mol. The smallest absolute Gasteiger partial charge is 0.225 e. The minimum absolute atomic E-state index is 0.0722. The molecule has 2 fully saturated rings. The van der Waals surface area contributed by atoms with E-state index in [-0.39, 0.29) is 17.7 Å². The number of carbonyl (C=O) groups is 1. The predicted octanol–water partition coefficient (Wildman–Crippen LogP) is 2.10. The molecule has 0 aliphatic carbocycles. The number of amides is 1. The molecule has 32 heavy (non-hydrogen) atoms. The highest BCUT2D eigenvalue weighted by atomic mass is 35.5. The van der Waals surface area contributed by atoms with Crippen molar-refractivity contribution in [1.82, 2.24) is 29.4 Å². The monoisotopic (exact) mass is 451 g/mol. The Kier molecular flexibility index (Phi) is 4.28. The average molecular weight is 452 g/mol. The second kappa shape index (κ2) is 6.98. The largest absolute Gasteiger partial charge is 0.380 e. The Labute approximate surface area is 189 Å². The molecule has 164 valence electrons. The quantitative estimate of drug-likeness (QED) is 0.608. The second-order valence-electron chi connectivity index (χ2n) is 8.89. The Morgan fingerprint density at radius 3 is 2.66 bits per heavy atom. The van der Waals surface area contributed by atoms with Gasteiger partial charge in [-0.05, 0) is 19.1 Å². The standard InChI is InChI=1S/C22H22ClN7O2/c1-13-26-27-21-16(7-18(31)29-9-22(10-29)11-32-12-22)25-19(14-3-5-15(23)6-4-14)20-17(30(13)21)8-24-28(20)2/h3-6,8,16H,7,9-12H2,1-2H3. The van der Waals surface area contributed by atoms with Crippen molar-refractivity contribution in [3.63, 3.8) is 0 Å². The fourth-order valence-electron chi connectivity index (χ4n) is 4.79. The Morgan fingerprint density at radius 1 is 1.22 bits per heavy atom. The summed E-state index contributed by atoms with van der Waals surface area (Å²) < 4.78 is 9.09. The van der Waals surface area contributed by atoms with Gasteiger partial charge in [0, 0.05) is 30.7 Å². The fraction of sp³-hybridized carbons (Fsp3) is 0.409. The van der Waals surface area contributed by atoms with Crippen LogP contribution in [-0.2, 0) is 16.6 Å². The summed E-state index contributed by atoms with van der Waals surface area (Å²) in [5.74, 6) is 1.45. The van der Waals surface area contributed by atoms with Crippen molar-refractivity contribution in [2.75, 3.05) is 26.3 Å². The van der Waals surface area contributed by atoms with Gasteiger partial charge < -0.3 is 9.64 Å². The van der Waals surface area contributed by atoms with Crippen molar-refractivity contribution in [1.29, 1.82) is 0 Å². The Balaban J connectivity index is 1.42. The molecule has 5 heterocycles. The van der Waals surface area contributed by atoms with Crippen molar-refractivity contribution < 1.29 is 9.53 Å². The lowest BCUT2D eigenvalue weighted by molar-refractivity contribution is -0.195. The molecule has 2 saturated heterocycles. The molecule has 0 N–H and O–H groups in total. The topological polar surface area (TPSA) is 90.4 Å². The highest BCUT2D eigenvalue weighted by Crippen LogP contribution is 2.39. The molecule has 3 aliphatic heterocycles. The molecular formula is C22H22ClN7O2. The van der Waals surface area contributed by atoms with Crippen molar-refractivity contribution >= 4 is 23.2 Å². The van der Waals surface area contributed by atoms with Gasteiger partial charge in [0.2, 0.25) is 5.91 Å². The summed E-state index contributed by atoms with van der Waals surface area (Å²) in [5.41, 5.74) is 3.54. The Morgan fingerprint density at radius 2 is 1.97 bits per heavy atom. The van der Waals surface area contributed by atoms with E-state index in [0.717, 1.165) is 54.8 Å². The number of likely N-dealkylation sites (tertiary alicyclic amines) is 1. The number of aromatic nitrogens is 5. The number of halogens is 1. The van der Waals surface area contributed by atoms with Crippen LogP contribution in [0.3, 0.4) is 0 Å². The van der Waals surface area contributed by atoms with Gasteiger partial charge in [-0.15, -0.1) is 10.2 Å². The van der Waals surface area contributed by atoms with Crippen LogP contribution < -0.4 is 0 Å². The van der Waals surface area contributed by atoms with Crippen molar-refractivity contribution in [3.8, 4) is 5.69 Å². The number of hydrogen-bond acceptors (Lipinski definition) is 6. The zero-order valence-electron chi connectivity index (χ0n) is 17.8. The molecule has 6 rings (SSSR count). The number of rotatable bonds is 3. The van der Waals surface area contributed by atoms with Gasteiger partial charge >= 0.3 is 0 Å². The SMILES string of the molecule is Cc1nnc2n1-c1cnn(C)c1C(c1ccc(Cl)cc1)=NC2CC(=O)N1CC2(COC2)C1.